The van der Waals surface area contributed by atoms with E-state index in [0.29, 0.717) is 40.2 Å². The fourth-order valence-corrected chi connectivity index (χ4v) is 8.66. The minimum atomic E-state index is -5.05. The second kappa shape index (κ2) is 17.5. The number of rotatable bonds is 15. The highest BCUT2D eigenvalue weighted by molar-refractivity contribution is 7.95. The normalized spacial score (nSPS) is 12.0. The standard InChI is InChI=1S/C40H29N7O13S3/c1-19-8-3-6-13-24(19)42-38-44-39(46-40(51)45-38)43-27-17-26(29(62-60-58-53)18-30(27)63(54,55)56)41-25-14-15-28-33-31(22-11-4-5-12-23(22)36(49)32(25)33)34(37(50)47(28)2)35(48)20-9-7-10-21(16-20)61-59-57-52/h3-18,41,52-53H,1-2H3,(H,54,55,56)(H3,42,43,44,45,46,51). The molecule has 0 spiro atoms. The first-order valence-corrected chi connectivity index (χ1v) is 20.9. The molecule has 2 aromatic heterocycles. The van der Waals surface area contributed by atoms with Crippen LogP contribution in [0, 0.1) is 6.92 Å². The van der Waals surface area contributed by atoms with Crippen LogP contribution in [-0.4, -0.2) is 59.7 Å². The Hall–Kier alpha value is -6.77. The van der Waals surface area contributed by atoms with E-state index in [1.54, 1.807) is 54.6 Å². The second-order valence-corrected chi connectivity index (χ2v) is 16.4. The van der Waals surface area contributed by atoms with E-state index in [4.69, 9.17) is 10.5 Å². The number of carbonyl (C=O) groups excluding carboxylic acids is 2. The number of benzene rings is 5. The van der Waals surface area contributed by atoms with E-state index < -0.39 is 38.1 Å². The molecule has 63 heavy (non-hydrogen) atoms. The molecule has 0 radical (unpaired) electrons. The number of ketones is 2. The lowest BCUT2D eigenvalue weighted by Gasteiger charge is -2.26. The Balaban J connectivity index is 1.30. The summed E-state index contributed by atoms with van der Waals surface area (Å²) in [6.45, 7) is 1.82. The van der Waals surface area contributed by atoms with Crippen molar-refractivity contribution in [3.05, 3.63) is 135 Å². The van der Waals surface area contributed by atoms with Crippen molar-refractivity contribution in [1.29, 1.82) is 0 Å². The molecule has 0 fully saturated rings. The lowest BCUT2D eigenvalue weighted by atomic mass is 9.80. The molecular weight excluding hydrogens is 883 g/mol. The number of pyridine rings is 1. The molecule has 20 nitrogen and oxygen atoms in total. The van der Waals surface area contributed by atoms with E-state index in [9.17, 15) is 32.5 Å². The highest BCUT2D eigenvalue weighted by Gasteiger charge is 2.34. The summed E-state index contributed by atoms with van der Waals surface area (Å²) in [5, 5.41) is 44.6. The van der Waals surface area contributed by atoms with Crippen LogP contribution in [-0.2, 0) is 35.9 Å². The van der Waals surface area contributed by atoms with Crippen molar-refractivity contribution in [3.8, 4) is 17.1 Å². The van der Waals surface area contributed by atoms with Gasteiger partial charge in [0.25, 0.3) is 15.7 Å². The number of hydrogen-bond acceptors (Lipinski definition) is 20. The minimum Gasteiger partial charge on any atom is -0.479 e. The molecule has 0 aliphatic heterocycles. The first-order chi connectivity index (χ1) is 30.3. The number of carbonyl (C=O) groups is 2. The van der Waals surface area contributed by atoms with Gasteiger partial charge in [-0.3, -0.25) is 18.9 Å². The zero-order valence-corrected chi connectivity index (χ0v) is 34.7. The fourth-order valence-electron chi connectivity index (χ4n) is 7.04. The van der Waals surface area contributed by atoms with Crippen LogP contribution >= 0.6 is 24.1 Å². The summed E-state index contributed by atoms with van der Waals surface area (Å²) in [7, 11) is -3.60. The summed E-state index contributed by atoms with van der Waals surface area (Å²) in [5.41, 5.74) is 1.24. The van der Waals surface area contributed by atoms with Crippen molar-refractivity contribution in [2.75, 3.05) is 16.0 Å². The van der Waals surface area contributed by atoms with Gasteiger partial charge in [0.05, 0.1) is 62.7 Å². The number of aryl methyl sites for hydroxylation is 2. The van der Waals surface area contributed by atoms with Gasteiger partial charge in [0.15, 0.2) is 11.6 Å². The average molecular weight is 912 g/mol. The van der Waals surface area contributed by atoms with Crippen LogP contribution in [0.1, 0.15) is 37.4 Å². The van der Waals surface area contributed by atoms with E-state index in [2.05, 4.69) is 49.6 Å². The number of para-hydroxylation sites is 1. The third kappa shape index (κ3) is 8.43. The number of aromatic hydroxyl groups is 1. The van der Waals surface area contributed by atoms with Gasteiger partial charge in [0, 0.05) is 39.7 Å². The largest absolute Gasteiger partial charge is 0.479 e. The van der Waals surface area contributed by atoms with Gasteiger partial charge < -0.3 is 25.6 Å². The molecule has 23 heteroatoms. The van der Waals surface area contributed by atoms with Gasteiger partial charge in [0.2, 0.25) is 11.9 Å². The summed E-state index contributed by atoms with van der Waals surface area (Å²) >= 11 is 0.935. The predicted octanol–water partition coefficient (Wildman–Crippen LogP) is 7.51. The van der Waals surface area contributed by atoms with E-state index in [0.717, 1.165) is 11.6 Å². The Morgan fingerprint density at radius 3 is 2.13 bits per heavy atom. The summed E-state index contributed by atoms with van der Waals surface area (Å²) in [6, 6.07) is 24.1. The number of nitrogens with one attached hydrogen (secondary N) is 3. The summed E-state index contributed by atoms with van der Waals surface area (Å²) in [4.78, 5) is 54.8. The number of fused-ring (bicyclic) bond motifs is 2. The summed E-state index contributed by atoms with van der Waals surface area (Å²) in [6.07, 6.45) is 0. The van der Waals surface area contributed by atoms with Gasteiger partial charge in [-0.25, -0.2) is 10.5 Å². The van der Waals surface area contributed by atoms with Gasteiger partial charge >= 0.3 is 6.01 Å². The Bertz CT molecular complexity index is 3190. The number of nitrogens with zero attached hydrogens (tertiary/aromatic N) is 4. The molecule has 2 heterocycles. The van der Waals surface area contributed by atoms with Gasteiger partial charge in [0.1, 0.15) is 4.90 Å². The second-order valence-electron chi connectivity index (χ2n) is 13.5. The summed E-state index contributed by atoms with van der Waals surface area (Å²) < 4.78 is 46.5. The number of anilines is 6. The Kier molecular flexibility index (Phi) is 11.9. The van der Waals surface area contributed by atoms with Crippen molar-refractivity contribution in [3.63, 3.8) is 0 Å². The Morgan fingerprint density at radius 1 is 0.730 bits per heavy atom. The van der Waals surface area contributed by atoms with Crippen LogP contribution in [0.15, 0.2) is 117 Å². The molecule has 7 N–H and O–H groups in total. The quantitative estimate of drug-likeness (QED) is 0.0172. The van der Waals surface area contributed by atoms with Crippen molar-refractivity contribution in [2.24, 2.45) is 7.05 Å². The van der Waals surface area contributed by atoms with Gasteiger partial charge in [-0.15, -0.1) is 8.67 Å². The molecule has 0 bridgehead atoms. The molecule has 8 rings (SSSR count). The molecule has 7 aromatic rings. The average Bonchev–Trinajstić information content (AvgIpc) is 3.26. The third-order valence-corrected chi connectivity index (χ3v) is 11.9. The van der Waals surface area contributed by atoms with E-state index in [1.165, 1.54) is 35.9 Å². The van der Waals surface area contributed by atoms with Crippen molar-refractivity contribution in [2.45, 2.75) is 21.6 Å². The Morgan fingerprint density at radius 2 is 1.41 bits per heavy atom. The van der Waals surface area contributed by atoms with Crippen LogP contribution in [0.4, 0.5) is 34.6 Å². The molecule has 0 amide bonds. The molecule has 0 saturated heterocycles. The van der Waals surface area contributed by atoms with Crippen LogP contribution in [0.25, 0.3) is 22.0 Å². The maximum Gasteiger partial charge on any atom is 0.320 e. The Labute approximate surface area is 363 Å². The van der Waals surface area contributed by atoms with Crippen LogP contribution < -0.4 is 21.5 Å². The first kappa shape index (κ1) is 42.9. The molecule has 1 aliphatic carbocycles. The van der Waals surface area contributed by atoms with Crippen molar-refractivity contribution < 1.29 is 56.9 Å². The molecule has 1 aliphatic rings. The van der Waals surface area contributed by atoms with E-state index in [-0.39, 0.29) is 72.6 Å². The van der Waals surface area contributed by atoms with Crippen LogP contribution in [0.5, 0.6) is 6.01 Å². The lowest BCUT2D eigenvalue weighted by Crippen LogP contribution is -2.29. The van der Waals surface area contributed by atoms with Crippen molar-refractivity contribution in [1.82, 2.24) is 19.5 Å². The SMILES string of the molecule is Cc1ccccc1Nc1nc(O)nc(Nc2cc(Nc3ccc4c5c3C(=O)c3ccccc3-c5c(C(=O)c3cccc(SOOO)c3)c(=O)n4C)c(SOOO)cc2S(=O)(=O)O)n1. The molecule has 5 aromatic carbocycles. The van der Waals surface area contributed by atoms with Gasteiger partial charge in [-0.05, 0) is 60.5 Å². The molecule has 320 valence electrons. The highest BCUT2D eigenvalue weighted by Crippen LogP contribution is 2.46. The van der Waals surface area contributed by atoms with Gasteiger partial charge in [-0.2, -0.15) is 23.4 Å². The topological polar surface area (TPSA) is 283 Å². The first-order valence-electron chi connectivity index (χ1n) is 18.0. The van der Waals surface area contributed by atoms with E-state index in [1.807, 2.05) is 19.1 Å². The molecule has 0 saturated carbocycles. The maximum atomic E-state index is 14.6. The smallest absolute Gasteiger partial charge is 0.320 e. The fraction of sp³-hybridized carbons (Fsp3) is 0.0500. The minimum absolute atomic E-state index is 0.0154. The lowest BCUT2D eigenvalue weighted by molar-refractivity contribution is -0.432. The summed E-state index contributed by atoms with van der Waals surface area (Å²) in [5.74, 6) is -1.68. The zero-order chi connectivity index (χ0) is 44.6. The molecule has 0 unspecified atom stereocenters. The number of hydrogen-bond donors (Lipinski definition) is 7. The van der Waals surface area contributed by atoms with Crippen molar-refractivity contribution >= 4 is 91.3 Å². The number of aromatic nitrogens is 4. The third-order valence-electron chi connectivity index (χ3n) is 9.76. The van der Waals surface area contributed by atoms with Crippen LogP contribution in [0.3, 0.4) is 0 Å². The van der Waals surface area contributed by atoms with E-state index >= 15 is 0 Å². The maximum absolute atomic E-state index is 14.6. The predicted molar refractivity (Wildman–Crippen MR) is 228 cm³/mol. The van der Waals surface area contributed by atoms with Gasteiger partial charge in [-0.1, -0.05) is 64.7 Å². The molecule has 0 atom stereocenters. The zero-order valence-electron chi connectivity index (χ0n) is 32.2. The van der Waals surface area contributed by atoms with Crippen LogP contribution in [0.2, 0.25) is 0 Å². The highest BCUT2D eigenvalue weighted by atomic mass is 32.2. The molecular formula is C40H29N7O13S3. The monoisotopic (exact) mass is 911 g/mol.